The molecule has 1 saturated heterocycles. The second kappa shape index (κ2) is 16.1. The van der Waals surface area contributed by atoms with Crippen LogP contribution in [0.5, 0.6) is 5.88 Å². The van der Waals surface area contributed by atoms with E-state index in [9.17, 15) is 24.4 Å². The summed E-state index contributed by atoms with van der Waals surface area (Å²) >= 11 is 1.95. The number of aliphatic hydroxyl groups excluding tert-OH is 1. The average molecular weight is 827 g/mol. The number of hydrogen-bond acceptors (Lipinski definition) is 13. The number of carbonyl (C=O) groups is 2. The number of rotatable bonds is 15. The fourth-order valence-electron chi connectivity index (χ4n) is 4.80. The van der Waals surface area contributed by atoms with Crippen LogP contribution in [-0.4, -0.2) is 98.5 Å². The fourth-order valence-corrected chi connectivity index (χ4v) is 7.33. The summed E-state index contributed by atoms with van der Waals surface area (Å²) in [5.74, 6) is -0.739. The number of nitrogens with zero attached hydrogens (tertiary/aromatic N) is 4. The van der Waals surface area contributed by atoms with Crippen LogP contribution in [0.1, 0.15) is 87.2 Å². The number of aliphatic hydroxyl groups is 2. The second-order valence-electron chi connectivity index (χ2n) is 14.9. The van der Waals surface area contributed by atoms with Crippen molar-refractivity contribution in [1.82, 2.24) is 29.7 Å². The molecule has 49 heavy (non-hydrogen) atoms. The molecule has 0 bridgehead atoms. The highest BCUT2D eigenvalue weighted by molar-refractivity contribution is 14.1. The highest BCUT2D eigenvalue weighted by atomic mass is 127. The number of carbonyl (C=O) groups excluding carboxylic acids is 2. The standard InChI is InChI=1S/C31H52IN6O10P/c1-17(25(40)45-14-12-29(4,5)6)36-49(43,37-18(2)26(41)46-15-13-30(7,8)9)47-16-20-22(39)31(10,42)27(48-20)38-23-21(35-28(38)32)24(44-11)34-19(3)33-23/h17-18,20,22,27,39,42H,12-16H2,1-11H3,(H2,36,37,43)/t17-,18-,20+,22+,27+,31+/m0/s1. The third-order valence-electron chi connectivity index (χ3n) is 7.81. The molecule has 18 heteroatoms. The van der Waals surface area contributed by atoms with E-state index in [-0.39, 0.29) is 29.9 Å². The minimum absolute atomic E-state index is 0.0697. The molecule has 0 aliphatic carbocycles. The Hall–Kier alpha value is -1.99. The zero-order valence-corrected chi connectivity index (χ0v) is 33.2. The summed E-state index contributed by atoms with van der Waals surface area (Å²) in [6.45, 7) is 17.8. The quantitative estimate of drug-likeness (QED) is 0.0873. The molecule has 0 spiro atoms. The van der Waals surface area contributed by atoms with Gasteiger partial charge in [0.15, 0.2) is 21.2 Å². The van der Waals surface area contributed by atoms with Crippen molar-refractivity contribution in [3.05, 3.63) is 9.66 Å². The molecule has 2 aromatic rings. The molecule has 1 fully saturated rings. The number of imidazole rings is 1. The molecule has 0 aromatic carbocycles. The van der Waals surface area contributed by atoms with E-state index >= 15 is 0 Å². The van der Waals surface area contributed by atoms with Crippen molar-refractivity contribution in [1.29, 1.82) is 0 Å². The van der Waals surface area contributed by atoms with Crippen LogP contribution in [0, 0.1) is 21.6 Å². The molecule has 4 N–H and O–H groups in total. The maximum Gasteiger partial charge on any atom is 0.342 e. The number of aryl methyl sites for hydroxylation is 1. The van der Waals surface area contributed by atoms with E-state index in [0.29, 0.717) is 33.7 Å². The first kappa shape index (κ1) is 41.4. The van der Waals surface area contributed by atoms with E-state index in [0.717, 1.165) is 0 Å². The number of fused-ring (bicyclic) bond motifs is 1. The molecule has 3 heterocycles. The van der Waals surface area contributed by atoms with Crippen molar-refractivity contribution in [3.8, 4) is 5.88 Å². The van der Waals surface area contributed by atoms with Gasteiger partial charge < -0.3 is 33.7 Å². The number of ether oxygens (including phenoxy) is 4. The third-order valence-corrected chi connectivity index (χ3v) is 10.5. The van der Waals surface area contributed by atoms with Crippen molar-refractivity contribution < 1.29 is 47.8 Å². The molecule has 1 aliphatic heterocycles. The van der Waals surface area contributed by atoms with Gasteiger partial charge in [-0.05, 0) is 51.4 Å². The highest BCUT2D eigenvalue weighted by Crippen LogP contribution is 2.45. The minimum Gasteiger partial charge on any atom is -0.479 e. The molecule has 0 amide bonds. The maximum atomic E-state index is 14.3. The van der Waals surface area contributed by atoms with E-state index in [1.165, 1.54) is 32.4 Å². The third kappa shape index (κ3) is 11.0. The molecule has 2 aromatic heterocycles. The Morgan fingerprint density at radius 2 is 1.53 bits per heavy atom. The summed E-state index contributed by atoms with van der Waals surface area (Å²) in [5, 5.41) is 28.1. The molecule has 3 rings (SSSR count). The minimum atomic E-state index is -4.27. The average Bonchev–Trinajstić information content (AvgIpc) is 3.40. The van der Waals surface area contributed by atoms with E-state index in [4.69, 9.17) is 23.5 Å². The largest absolute Gasteiger partial charge is 0.479 e. The molecule has 0 unspecified atom stereocenters. The van der Waals surface area contributed by atoms with Gasteiger partial charge >= 0.3 is 19.6 Å². The lowest BCUT2D eigenvalue weighted by molar-refractivity contribution is -0.146. The molecule has 1 aliphatic rings. The Balaban J connectivity index is 1.83. The SMILES string of the molecule is COc1nc(C)nc2c1nc(I)n2[C@@H]1O[C@H](COP(=O)(N[C@@H](C)C(=O)OCCC(C)(C)C)N[C@@H](C)C(=O)OCCC(C)(C)C)[C@@H](O)[C@@]1(C)O. The molecular weight excluding hydrogens is 774 g/mol. The molecule has 0 saturated carbocycles. The predicted octanol–water partition coefficient (Wildman–Crippen LogP) is 3.80. The van der Waals surface area contributed by atoms with Crippen LogP contribution in [0.3, 0.4) is 0 Å². The van der Waals surface area contributed by atoms with Crippen LogP contribution in [-0.2, 0) is 32.9 Å². The zero-order chi connectivity index (χ0) is 37.1. The van der Waals surface area contributed by atoms with Crippen LogP contribution < -0.4 is 14.9 Å². The summed E-state index contributed by atoms with van der Waals surface area (Å²) in [5.41, 5.74) is -1.40. The fraction of sp³-hybridized carbons (Fsp3) is 0.774. The Morgan fingerprint density at radius 1 is 1.02 bits per heavy atom. The second-order valence-corrected chi connectivity index (χ2v) is 17.7. The Morgan fingerprint density at radius 3 is 2.00 bits per heavy atom. The zero-order valence-electron chi connectivity index (χ0n) is 30.2. The first-order valence-corrected chi connectivity index (χ1v) is 18.8. The van der Waals surface area contributed by atoms with E-state index < -0.39 is 62.3 Å². The number of esters is 2. The van der Waals surface area contributed by atoms with Crippen LogP contribution in [0.15, 0.2) is 0 Å². The van der Waals surface area contributed by atoms with Crippen LogP contribution in [0.2, 0.25) is 0 Å². The molecule has 278 valence electrons. The Bertz CT molecular complexity index is 1480. The molecule has 6 atom stereocenters. The van der Waals surface area contributed by atoms with E-state index in [2.05, 4.69) is 25.1 Å². The maximum absolute atomic E-state index is 14.3. The molecular formula is C31H52IN6O10P. The van der Waals surface area contributed by atoms with E-state index in [1.807, 2.05) is 64.1 Å². The molecule has 16 nitrogen and oxygen atoms in total. The number of halogens is 1. The van der Waals surface area contributed by atoms with Crippen molar-refractivity contribution >= 4 is 53.4 Å². The van der Waals surface area contributed by atoms with Crippen LogP contribution in [0.4, 0.5) is 0 Å². The summed E-state index contributed by atoms with van der Waals surface area (Å²) in [7, 11) is -2.82. The van der Waals surface area contributed by atoms with Gasteiger partial charge in [-0.25, -0.2) is 20.1 Å². The van der Waals surface area contributed by atoms with Gasteiger partial charge in [-0.15, -0.1) is 0 Å². The Kier molecular flexibility index (Phi) is 13.6. The van der Waals surface area contributed by atoms with Gasteiger partial charge in [-0.3, -0.25) is 18.7 Å². The lowest BCUT2D eigenvalue weighted by Gasteiger charge is -2.28. The smallest absolute Gasteiger partial charge is 0.342 e. The number of hydrogen-bond donors (Lipinski definition) is 4. The summed E-state index contributed by atoms with van der Waals surface area (Å²) in [6, 6.07) is -2.24. The lowest BCUT2D eigenvalue weighted by atomic mass is 9.93. The number of nitrogens with one attached hydrogen (secondary N) is 2. The van der Waals surface area contributed by atoms with Gasteiger partial charge in [-0.2, -0.15) is 4.98 Å². The summed E-state index contributed by atoms with van der Waals surface area (Å²) in [4.78, 5) is 38.9. The molecule has 0 radical (unpaired) electrons. The normalized spacial score (nSPS) is 23.0. The lowest BCUT2D eigenvalue weighted by Crippen LogP contribution is -2.45. The van der Waals surface area contributed by atoms with Crippen molar-refractivity contribution in [2.75, 3.05) is 26.9 Å². The van der Waals surface area contributed by atoms with Crippen molar-refractivity contribution in [2.45, 2.75) is 118 Å². The van der Waals surface area contributed by atoms with Gasteiger partial charge in [-0.1, -0.05) is 41.5 Å². The van der Waals surface area contributed by atoms with Gasteiger partial charge in [0.1, 0.15) is 35.7 Å². The van der Waals surface area contributed by atoms with Crippen molar-refractivity contribution in [2.24, 2.45) is 10.8 Å². The van der Waals surface area contributed by atoms with Crippen LogP contribution in [0.25, 0.3) is 11.2 Å². The van der Waals surface area contributed by atoms with Gasteiger partial charge in [0.05, 0.1) is 26.9 Å². The highest BCUT2D eigenvalue weighted by Gasteiger charge is 2.54. The Labute approximate surface area is 301 Å². The van der Waals surface area contributed by atoms with E-state index in [1.54, 1.807) is 6.92 Å². The topological polar surface area (TPSA) is 205 Å². The number of aromatic nitrogens is 4. The van der Waals surface area contributed by atoms with Gasteiger partial charge in [0, 0.05) is 22.6 Å². The van der Waals surface area contributed by atoms with Crippen molar-refractivity contribution in [3.63, 3.8) is 0 Å². The first-order chi connectivity index (χ1) is 22.5. The van der Waals surface area contributed by atoms with Crippen LogP contribution >= 0.6 is 30.3 Å². The first-order valence-electron chi connectivity index (χ1n) is 16.1. The number of methoxy groups -OCH3 is 1. The van der Waals surface area contributed by atoms with Gasteiger partial charge in [0.2, 0.25) is 5.88 Å². The monoisotopic (exact) mass is 826 g/mol. The van der Waals surface area contributed by atoms with Gasteiger partial charge in [0.25, 0.3) is 0 Å². The predicted molar refractivity (Wildman–Crippen MR) is 189 cm³/mol. The summed E-state index contributed by atoms with van der Waals surface area (Å²) < 4.78 is 44.3. The summed E-state index contributed by atoms with van der Waals surface area (Å²) in [6.07, 6.45) is -2.75.